The topological polar surface area (TPSA) is 17.1 Å². The molecule has 6 aromatic carbocycles. The first kappa shape index (κ1) is 13.8. The summed E-state index contributed by atoms with van der Waals surface area (Å²) in [6.07, 6.45) is 0.960. The van der Waals surface area contributed by atoms with E-state index in [4.69, 9.17) is 0 Å². The van der Waals surface area contributed by atoms with Crippen LogP contribution in [-0.2, 0) is 0 Å². The van der Waals surface area contributed by atoms with Crippen LogP contribution < -0.4 is 0 Å². The van der Waals surface area contributed by atoms with Crippen LogP contribution in [0.1, 0.15) is 10.4 Å². The van der Waals surface area contributed by atoms with Crippen molar-refractivity contribution in [1.29, 1.82) is 0 Å². The monoisotopic (exact) mass is 330 g/mol. The number of carbonyl (C=O) groups excluding carboxylic acids is 1. The van der Waals surface area contributed by atoms with Gasteiger partial charge in [-0.05, 0) is 59.9 Å². The zero-order valence-corrected chi connectivity index (χ0v) is 14.0. The number of hydrogen-bond donors (Lipinski definition) is 0. The molecule has 0 aliphatic rings. The van der Waals surface area contributed by atoms with Gasteiger partial charge in [-0.25, -0.2) is 0 Å². The number of aldehydes is 1. The van der Waals surface area contributed by atoms with Crippen LogP contribution in [0.4, 0.5) is 0 Å². The van der Waals surface area contributed by atoms with E-state index in [9.17, 15) is 4.79 Å². The van der Waals surface area contributed by atoms with E-state index in [2.05, 4.69) is 72.8 Å². The molecule has 1 heteroatoms. The molecule has 0 amide bonds. The molecule has 0 unspecified atom stereocenters. The molecular formula is C25H14O. The molecule has 1 nitrogen and oxygen atoms in total. The Morgan fingerprint density at radius 1 is 0.500 bits per heavy atom. The van der Waals surface area contributed by atoms with Gasteiger partial charge >= 0.3 is 0 Å². The molecule has 0 saturated carbocycles. The van der Waals surface area contributed by atoms with Crippen molar-refractivity contribution in [2.24, 2.45) is 0 Å². The van der Waals surface area contributed by atoms with Gasteiger partial charge in [-0.2, -0.15) is 0 Å². The highest BCUT2D eigenvalue weighted by Gasteiger charge is 2.16. The van der Waals surface area contributed by atoms with E-state index in [0.29, 0.717) is 0 Å². The number of hydrogen-bond acceptors (Lipinski definition) is 1. The van der Waals surface area contributed by atoms with Crippen LogP contribution in [0.15, 0.2) is 78.9 Å². The highest BCUT2D eigenvalue weighted by Crippen LogP contribution is 2.43. The first-order valence-electron chi connectivity index (χ1n) is 8.83. The van der Waals surface area contributed by atoms with Crippen LogP contribution in [-0.4, -0.2) is 6.29 Å². The first-order chi connectivity index (χ1) is 12.9. The molecule has 26 heavy (non-hydrogen) atoms. The lowest BCUT2D eigenvalue weighted by molar-refractivity contribution is 0.112. The summed E-state index contributed by atoms with van der Waals surface area (Å²) in [5.41, 5.74) is 0.751. The highest BCUT2D eigenvalue weighted by molar-refractivity contribution is 6.38. The predicted molar refractivity (Wildman–Crippen MR) is 111 cm³/mol. The van der Waals surface area contributed by atoms with Crippen molar-refractivity contribution in [3.63, 3.8) is 0 Å². The number of benzene rings is 6. The normalized spacial score (nSPS) is 12.0. The number of carbonyl (C=O) groups is 1. The number of rotatable bonds is 1. The molecule has 6 aromatic rings. The molecule has 120 valence electrons. The van der Waals surface area contributed by atoms with Gasteiger partial charge in [-0.1, -0.05) is 72.8 Å². The molecule has 0 spiro atoms. The van der Waals surface area contributed by atoms with Gasteiger partial charge in [-0.15, -0.1) is 0 Å². The summed E-state index contributed by atoms with van der Waals surface area (Å²) in [5.74, 6) is 0. The van der Waals surface area contributed by atoms with Crippen LogP contribution in [0.25, 0.3) is 53.9 Å². The van der Waals surface area contributed by atoms with Crippen molar-refractivity contribution in [2.75, 3.05) is 0 Å². The van der Waals surface area contributed by atoms with Crippen LogP contribution in [0, 0.1) is 0 Å². The molecule has 6 rings (SSSR count). The summed E-state index contributed by atoms with van der Waals surface area (Å²) in [6.45, 7) is 0. The molecule has 0 saturated heterocycles. The van der Waals surface area contributed by atoms with Crippen LogP contribution in [0.2, 0.25) is 0 Å². The van der Waals surface area contributed by atoms with Gasteiger partial charge in [0.05, 0.1) is 0 Å². The third kappa shape index (κ3) is 1.58. The van der Waals surface area contributed by atoms with Crippen molar-refractivity contribution in [3.05, 3.63) is 84.4 Å². The standard InChI is InChI=1S/C25H14O/c26-14-17-11-12-21-20-9-3-6-16-13-15-5-1-2-7-18(15)25(23(16)20)22-10-4-8-19(17)24(21)22/h1-14H. The fraction of sp³-hybridized carbons (Fsp3) is 0. The van der Waals surface area contributed by atoms with E-state index in [1.54, 1.807) is 0 Å². The van der Waals surface area contributed by atoms with E-state index in [-0.39, 0.29) is 0 Å². The molecule has 0 aliphatic carbocycles. The van der Waals surface area contributed by atoms with Crippen molar-refractivity contribution in [1.82, 2.24) is 0 Å². The zero-order chi connectivity index (χ0) is 17.3. The maximum atomic E-state index is 11.6. The minimum atomic E-state index is 0.751. The number of fused-ring (bicyclic) bond motifs is 4. The smallest absolute Gasteiger partial charge is 0.150 e. The predicted octanol–water partition coefficient (Wildman–Crippen LogP) is 6.70. The Kier molecular flexibility index (Phi) is 2.55. The average Bonchev–Trinajstić information content (AvgIpc) is 2.70. The molecule has 0 bridgehead atoms. The zero-order valence-electron chi connectivity index (χ0n) is 14.0. The Morgan fingerprint density at radius 2 is 1.19 bits per heavy atom. The van der Waals surface area contributed by atoms with Crippen LogP contribution in [0.3, 0.4) is 0 Å². The summed E-state index contributed by atoms with van der Waals surface area (Å²) in [6, 6.07) is 27.7. The van der Waals surface area contributed by atoms with Crippen molar-refractivity contribution in [2.45, 2.75) is 0 Å². The third-order valence-corrected chi connectivity index (χ3v) is 5.65. The van der Waals surface area contributed by atoms with Crippen molar-refractivity contribution < 1.29 is 4.79 Å². The average molecular weight is 330 g/mol. The quantitative estimate of drug-likeness (QED) is 0.186. The lowest BCUT2D eigenvalue weighted by atomic mass is 9.86. The molecule has 0 heterocycles. The molecule has 0 aromatic heterocycles. The summed E-state index contributed by atoms with van der Waals surface area (Å²) in [7, 11) is 0. The fourth-order valence-corrected chi connectivity index (χ4v) is 4.59. The lowest BCUT2D eigenvalue weighted by Crippen LogP contribution is -1.91. The van der Waals surface area contributed by atoms with Gasteiger partial charge in [0.1, 0.15) is 0 Å². The second kappa shape index (κ2) is 4.80. The van der Waals surface area contributed by atoms with Gasteiger partial charge in [-0.3, -0.25) is 4.79 Å². The minimum absolute atomic E-state index is 0.751. The molecule has 0 aliphatic heterocycles. The molecule has 0 N–H and O–H groups in total. The first-order valence-corrected chi connectivity index (χ1v) is 8.83. The maximum Gasteiger partial charge on any atom is 0.150 e. The summed E-state index contributed by atoms with van der Waals surface area (Å²) < 4.78 is 0. The van der Waals surface area contributed by atoms with E-state index < -0.39 is 0 Å². The minimum Gasteiger partial charge on any atom is -0.298 e. The van der Waals surface area contributed by atoms with E-state index >= 15 is 0 Å². The SMILES string of the molecule is O=Cc1ccc2c3cccc4cc5ccccc5c(c5cccc1c25)c43. The van der Waals surface area contributed by atoms with Gasteiger partial charge in [0, 0.05) is 5.56 Å². The molecule has 0 atom stereocenters. The second-order valence-electron chi connectivity index (χ2n) is 6.92. The van der Waals surface area contributed by atoms with Crippen LogP contribution in [0.5, 0.6) is 0 Å². The Labute approximate surface area is 149 Å². The Bertz CT molecular complexity index is 1490. The van der Waals surface area contributed by atoms with Crippen LogP contribution >= 0.6 is 0 Å². The largest absolute Gasteiger partial charge is 0.298 e. The van der Waals surface area contributed by atoms with Crippen molar-refractivity contribution >= 4 is 60.1 Å². The second-order valence-corrected chi connectivity index (χ2v) is 6.92. The fourth-order valence-electron chi connectivity index (χ4n) is 4.59. The van der Waals surface area contributed by atoms with E-state index in [1.165, 1.54) is 48.5 Å². The molecule has 0 fully saturated rings. The van der Waals surface area contributed by atoms with E-state index in [1.807, 2.05) is 6.07 Å². The van der Waals surface area contributed by atoms with Gasteiger partial charge < -0.3 is 0 Å². The Balaban J connectivity index is 2.10. The molecular weight excluding hydrogens is 316 g/mol. The molecule has 0 radical (unpaired) electrons. The van der Waals surface area contributed by atoms with Gasteiger partial charge in [0.15, 0.2) is 6.29 Å². The highest BCUT2D eigenvalue weighted by atomic mass is 16.1. The lowest BCUT2D eigenvalue weighted by Gasteiger charge is -2.17. The Morgan fingerprint density at radius 3 is 2.12 bits per heavy atom. The summed E-state index contributed by atoms with van der Waals surface area (Å²) in [5, 5.41) is 12.3. The van der Waals surface area contributed by atoms with Crippen molar-refractivity contribution in [3.8, 4) is 0 Å². The van der Waals surface area contributed by atoms with Gasteiger partial charge in [0.2, 0.25) is 0 Å². The third-order valence-electron chi connectivity index (χ3n) is 5.65. The van der Waals surface area contributed by atoms with Gasteiger partial charge in [0.25, 0.3) is 0 Å². The summed E-state index contributed by atoms with van der Waals surface area (Å²) >= 11 is 0. The summed E-state index contributed by atoms with van der Waals surface area (Å²) in [4.78, 5) is 11.6. The Hall–Kier alpha value is -3.45. The maximum absolute atomic E-state index is 11.6. The van der Waals surface area contributed by atoms with E-state index in [0.717, 1.165) is 17.2 Å².